The summed E-state index contributed by atoms with van der Waals surface area (Å²) in [6.07, 6.45) is 1.02. The molecule has 0 aromatic carbocycles. The first-order valence-electron chi connectivity index (χ1n) is 5.55. The van der Waals surface area contributed by atoms with E-state index in [-0.39, 0.29) is 6.42 Å². The summed E-state index contributed by atoms with van der Waals surface area (Å²) in [5, 5.41) is 14.5. The van der Waals surface area contributed by atoms with Crippen molar-refractivity contribution in [2.75, 3.05) is 26.0 Å². The SMILES string of the molecule is CC(CCN(C)C)Nc1nc(CC(=O)O)cs1. The molecule has 0 aliphatic rings. The second kappa shape index (κ2) is 6.56. The summed E-state index contributed by atoms with van der Waals surface area (Å²) in [7, 11) is 4.09. The van der Waals surface area contributed by atoms with Crippen LogP contribution in [-0.4, -0.2) is 47.6 Å². The minimum atomic E-state index is -0.845. The fourth-order valence-electron chi connectivity index (χ4n) is 1.34. The van der Waals surface area contributed by atoms with Crippen LogP contribution in [0.3, 0.4) is 0 Å². The number of hydrogen-bond donors (Lipinski definition) is 2. The Hall–Kier alpha value is -1.14. The van der Waals surface area contributed by atoms with Gasteiger partial charge in [0.15, 0.2) is 5.13 Å². The second-order valence-corrected chi connectivity index (χ2v) is 5.21. The van der Waals surface area contributed by atoms with E-state index >= 15 is 0 Å². The highest BCUT2D eigenvalue weighted by molar-refractivity contribution is 7.13. The van der Waals surface area contributed by atoms with Crippen LogP contribution in [0.2, 0.25) is 0 Å². The van der Waals surface area contributed by atoms with Crippen LogP contribution in [-0.2, 0) is 11.2 Å². The van der Waals surface area contributed by atoms with Gasteiger partial charge in [-0.05, 0) is 34.0 Å². The van der Waals surface area contributed by atoms with Gasteiger partial charge in [-0.3, -0.25) is 4.79 Å². The zero-order valence-corrected chi connectivity index (χ0v) is 11.3. The molecule has 5 nitrogen and oxygen atoms in total. The van der Waals surface area contributed by atoms with Crippen molar-refractivity contribution < 1.29 is 9.90 Å². The molecule has 1 aromatic rings. The monoisotopic (exact) mass is 257 g/mol. The van der Waals surface area contributed by atoms with E-state index in [4.69, 9.17) is 5.11 Å². The van der Waals surface area contributed by atoms with Crippen molar-refractivity contribution in [1.82, 2.24) is 9.88 Å². The molecule has 2 N–H and O–H groups in total. The highest BCUT2D eigenvalue weighted by Gasteiger charge is 2.08. The summed E-state index contributed by atoms with van der Waals surface area (Å²) < 4.78 is 0. The molecule has 0 aliphatic heterocycles. The zero-order valence-electron chi connectivity index (χ0n) is 10.4. The van der Waals surface area contributed by atoms with Crippen molar-refractivity contribution in [3.63, 3.8) is 0 Å². The lowest BCUT2D eigenvalue weighted by molar-refractivity contribution is -0.136. The first-order chi connectivity index (χ1) is 7.97. The van der Waals surface area contributed by atoms with Crippen LogP contribution in [0.25, 0.3) is 0 Å². The number of carbonyl (C=O) groups is 1. The van der Waals surface area contributed by atoms with Crippen molar-refractivity contribution in [2.45, 2.75) is 25.8 Å². The summed E-state index contributed by atoms with van der Waals surface area (Å²) in [5.41, 5.74) is 0.616. The molecule has 0 amide bonds. The van der Waals surface area contributed by atoms with Crippen LogP contribution < -0.4 is 5.32 Å². The Morgan fingerprint density at radius 1 is 1.65 bits per heavy atom. The van der Waals surface area contributed by atoms with Crippen LogP contribution in [0.4, 0.5) is 5.13 Å². The molecule has 0 saturated heterocycles. The predicted octanol–water partition coefficient (Wildman–Crippen LogP) is 1.52. The van der Waals surface area contributed by atoms with Crippen molar-refractivity contribution in [3.8, 4) is 0 Å². The Balaban J connectivity index is 2.40. The van der Waals surface area contributed by atoms with Crippen molar-refractivity contribution >= 4 is 22.4 Å². The smallest absolute Gasteiger partial charge is 0.309 e. The lowest BCUT2D eigenvalue weighted by Crippen LogP contribution is -2.22. The van der Waals surface area contributed by atoms with Crippen molar-refractivity contribution in [3.05, 3.63) is 11.1 Å². The Labute approximate surface area is 105 Å². The third kappa shape index (κ3) is 5.65. The van der Waals surface area contributed by atoms with Gasteiger partial charge in [0.25, 0.3) is 0 Å². The normalized spacial score (nSPS) is 12.7. The predicted molar refractivity (Wildman–Crippen MR) is 69.7 cm³/mol. The number of nitrogens with zero attached hydrogens (tertiary/aromatic N) is 2. The standard InChI is InChI=1S/C11H19N3O2S/c1-8(4-5-14(2)3)12-11-13-9(7-17-11)6-10(15)16/h7-8H,4-6H2,1-3H3,(H,12,13)(H,15,16). The van der Waals surface area contributed by atoms with Crippen LogP contribution in [0.1, 0.15) is 19.0 Å². The van der Waals surface area contributed by atoms with E-state index in [2.05, 4.69) is 22.1 Å². The number of thiazole rings is 1. The lowest BCUT2D eigenvalue weighted by Gasteiger charge is -2.15. The third-order valence-corrected chi connectivity index (χ3v) is 3.09. The van der Waals surface area contributed by atoms with E-state index in [1.54, 1.807) is 5.38 Å². The molecule has 6 heteroatoms. The van der Waals surface area contributed by atoms with Gasteiger partial charge in [-0.25, -0.2) is 4.98 Å². The number of carboxylic acid groups (broad SMARTS) is 1. The van der Waals surface area contributed by atoms with Gasteiger partial charge in [0.2, 0.25) is 0 Å². The van der Waals surface area contributed by atoms with Gasteiger partial charge in [-0.15, -0.1) is 11.3 Å². The molecular formula is C11H19N3O2S. The van der Waals surface area contributed by atoms with Gasteiger partial charge in [0.1, 0.15) is 0 Å². The summed E-state index contributed by atoms with van der Waals surface area (Å²) in [5.74, 6) is -0.845. The largest absolute Gasteiger partial charge is 0.481 e. The summed E-state index contributed by atoms with van der Waals surface area (Å²) in [6.45, 7) is 3.11. The van der Waals surface area contributed by atoms with E-state index < -0.39 is 5.97 Å². The summed E-state index contributed by atoms with van der Waals surface area (Å²) in [6, 6.07) is 0.334. The van der Waals surface area contributed by atoms with E-state index in [0.717, 1.165) is 18.1 Å². The second-order valence-electron chi connectivity index (χ2n) is 4.35. The number of aromatic nitrogens is 1. The number of aliphatic carboxylic acids is 1. The third-order valence-electron chi connectivity index (χ3n) is 2.26. The molecule has 1 unspecified atom stereocenters. The molecule has 0 spiro atoms. The minimum Gasteiger partial charge on any atom is -0.481 e. The summed E-state index contributed by atoms with van der Waals surface area (Å²) >= 11 is 1.45. The van der Waals surface area contributed by atoms with Crippen molar-refractivity contribution in [1.29, 1.82) is 0 Å². The Morgan fingerprint density at radius 3 is 2.94 bits per heavy atom. The van der Waals surface area contributed by atoms with Gasteiger partial charge in [-0.2, -0.15) is 0 Å². The number of rotatable bonds is 7. The molecule has 0 radical (unpaired) electrons. The highest BCUT2D eigenvalue weighted by atomic mass is 32.1. The molecule has 1 atom stereocenters. The molecule has 1 heterocycles. The Morgan fingerprint density at radius 2 is 2.35 bits per heavy atom. The Bertz CT molecular complexity index is 365. The van der Waals surface area contributed by atoms with Crippen LogP contribution in [0.15, 0.2) is 5.38 Å². The van der Waals surface area contributed by atoms with Gasteiger partial charge in [0.05, 0.1) is 12.1 Å². The van der Waals surface area contributed by atoms with Gasteiger partial charge < -0.3 is 15.3 Å². The molecular weight excluding hydrogens is 238 g/mol. The fraction of sp³-hybridized carbons (Fsp3) is 0.636. The summed E-state index contributed by atoms with van der Waals surface area (Å²) in [4.78, 5) is 16.9. The topological polar surface area (TPSA) is 65.5 Å². The maximum absolute atomic E-state index is 10.5. The van der Waals surface area contributed by atoms with Crippen molar-refractivity contribution in [2.24, 2.45) is 0 Å². The highest BCUT2D eigenvalue weighted by Crippen LogP contribution is 2.17. The molecule has 0 fully saturated rings. The lowest BCUT2D eigenvalue weighted by atomic mass is 10.2. The molecule has 17 heavy (non-hydrogen) atoms. The number of anilines is 1. The molecule has 0 bridgehead atoms. The average molecular weight is 257 g/mol. The first kappa shape index (κ1) is 13.9. The molecule has 1 rings (SSSR count). The average Bonchev–Trinajstić information content (AvgIpc) is 2.61. The minimum absolute atomic E-state index is 0.00966. The van der Waals surface area contributed by atoms with Gasteiger partial charge in [-0.1, -0.05) is 0 Å². The zero-order chi connectivity index (χ0) is 12.8. The number of carboxylic acids is 1. The molecule has 1 aromatic heterocycles. The molecule has 96 valence electrons. The maximum Gasteiger partial charge on any atom is 0.309 e. The number of nitrogens with one attached hydrogen (secondary N) is 1. The van der Waals surface area contributed by atoms with Gasteiger partial charge >= 0.3 is 5.97 Å². The molecule has 0 saturated carbocycles. The maximum atomic E-state index is 10.5. The van der Waals surface area contributed by atoms with E-state index in [1.165, 1.54) is 11.3 Å². The van der Waals surface area contributed by atoms with E-state index in [1.807, 2.05) is 14.1 Å². The van der Waals surface area contributed by atoms with Crippen LogP contribution >= 0.6 is 11.3 Å². The van der Waals surface area contributed by atoms with Crippen LogP contribution in [0, 0.1) is 0 Å². The van der Waals surface area contributed by atoms with Gasteiger partial charge in [0, 0.05) is 11.4 Å². The van der Waals surface area contributed by atoms with E-state index in [9.17, 15) is 4.79 Å². The first-order valence-corrected chi connectivity index (χ1v) is 6.43. The quantitative estimate of drug-likeness (QED) is 0.775. The van der Waals surface area contributed by atoms with E-state index in [0.29, 0.717) is 11.7 Å². The number of hydrogen-bond acceptors (Lipinski definition) is 5. The van der Waals surface area contributed by atoms with Crippen LogP contribution in [0.5, 0.6) is 0 Å². The fourth-order valence-corrected chi connectivity index (χ4v) is 2.17. The Kier molecular flexibility index (Phi) is 5.37. The molecule has 0 aliphatic carbocycles.